The van der Waals surface area contributed by atoms with Gasteiger partial charge in [-0.3, -0.25) is 19.2 Å². The number of carbonyl (C=O) groups excluding carboxylic acids is 4. The fourth-order valence-corrected chi connectivity index (χ4v) is 9.94. The Bertz CT molecular complexity index is 1700. The number of nitrogens with one attached hydrogen (secondary N) is 2. The van der Waals surface area contributed by atoms with Crippen molar-refractivity contribution in [3.8, 4) is 0 Å². The lowest BCUT2D eigenvalue weighted by Gasteiger charge is -2.33. The van der Waals surface area contributed by atoms with E-state index in [0.717, 1.165) is 49.7 Å². The highest BCUT2D eigenvalue weighted by atomic mass is 16.7. The van der Waals surface area contributed by atoms with Crippen molar-refractivity contribution in [3.05, 3.63) is 47.6 Å². The standard InChI is InChI=1S/C46H64N2O12/c1-28-32-17-15-30(13-11-21-44(3)39(59-44)37(32)57-41(28)53)25-46(43(55)56,27-35(50)48-24-10-8-6-5-7-9-23-47-34(49)19-20-36(51)52)26-31-14-12-22-45(4)40(60-45)38-33(18-16-31)29(2)42(54)58-38/h13-14,32-33,37-40H,1-2,5-12,15-27H2,3-4H3,(H,47,49)(H,48,50)(H,51,52)(H,55,56)/b30-13+,31-14+/t32-,33-,37-,38-,39-,40-,44+,45+/m0/s1. The summed E-state index contributed by atoms with van der Waals surface area (Å²) in [6.07, 6.45) is 12.8. The molecule has 4 heterocycles. The Kier molecular flexibility index (Phi) is 14.5. The van der Waals surface area contributed by atoms with E-state index in [-0.39, 0.29) is 68.0 Å². The summed E-state index contributed by atoms with van der Waals surface area (Å²) in [5.74, 6) is -3.97. The molecule has 14 nitrogen and oxygen atoms in total. The predicted molar refractivity (Wildman–Crippen MR) is 219 cm³/mol. The van der Waals surface area contributed by atoms with Crippen LogP contribution >= 0.6 is 0 Å². The average Bonchev–Trinajstić information content (AvgIpc) is 4.00. The minimum absolute atomic E-state index is 0.0254. The van der Waals surface area contributed by atoms with E-state index in [9.17, 15) is 33.9 Å². The number of hydrogen-bond acceptors (Lipinski definition) is 10. The highest BCUT2D eigenvalue weighted by molar-refractivity contribution is 5.91. The number of aliphatic carboxylic acids is 2. The smallest absolute Gasteiger partial charge is 0.334 e. The summed E-state index contributed by atoms with van der Waals surface area (Å²) in [7, 11) is 0. The summed E-state index contributed by atoms with van der Waals surface area (Å²) in [6.45, 7) is 13.0. The zero-order valence-corrected chi connectivity index (χ0v) is 35.4. The normalized spacial score (nSPS) is 33.7. The molecule has 0 radical (unpaired) electrons. The van der Waals surface area contributed by atoms with Crippen LogP contribution in [0.2, 0.25) is 0 Å². The summed E-state index contributed by atoms with van der Waals surface area (Å²) in [5, 5.41) is 25.7. The number of amides is 2. The molecule has 0 spiro atoms. The van der Waals surface area contributed by atoms with E-state index in [1.807, 2.05) is 13.8 Å². The van der Waals surface area contributed by atoms with Crippen molar-refractivity contribution in [2.24, 2.45) is 17.3 Å². The summed E-state index contributed by atoms with van der Waals surface area (Å²) < 4.78 is 23.7. The van der Waals surface area contributed by atoms with Crippen molar-refractivity contribution >= 4 is 35.7 Å². The zero-order valence-electron chi connectivity index (χ0n) is 35.4. The average molecular weight is 837 g/mol. The molecule has 0 aromatic rings. The number of ether oxygens (including phenoxy) is 4. The number of esters is 2. The molecule has 4 fully saturated rings. The molecule has 6 aliphatic rings. The van der Waals surface area contributed by atoms with Crippen LogP contribution in [-0.2, 0) is 47.7 Å². The van der Waals surface area contributed by atoms with Crippen molar-refractivity contribution in [1.29, 1.82) is 0 Å². The van der Waals surface area contributed by atoms with Gasteiger partial charge in [-0.15, -0.1) is 0 Å². The number of rotatable bonds is 19. The monoisotopic (exact) mass is 836 g/mol. The minimum atomic E-state index is -1.47. The van der Waals surface area contributed by atoms with Crippen LogP contribution in [0.4, 0.5) is 0 Å². The lowest BCUT2D eigenvalue weighted by atomic mass is 9.70. The molecule has 2 aliphatic carbocycles. The molecule has 6 rings (SSSR count). The first-order valence-electron chi connectivity index (χ1n) is 22.0. The third-order valence-electron chi connectivity index (χ3n) is 13.8. The molecule has 2 amide bonds. The van der Waals surface area contributed by atoms with Crippen molar-refractivity contribution < 1.29 is 57.9 Å². The van der Waals surface area contributed by atoms with E-state index < -0.39 is 52.7 Å². The number of hydrogen-bond donors (Lipinski definition) is 4. The zero-order chi connectivity index (χ0) is 43.2. The molecular weight excluding hydrogens is 773 g/mol. The predicted octanol–water partition coefficient (Wildman–Crippen LogP) is 6.18. The van der Waals surface area contributed by atoms with Gasteiger partial charge in [0.25, 0.3) is 0 Å². The van der Waals surface area contributed by atoms with E-state index in [1.165, 1.54) is 0 Å². The van der Waals surface area contributed by atoms with Gasteiger partial charge in [-0.25, -0.2) is 9.59 Å². The summed E-state index contributed by atoms with van der Waals surface area (Å²) in [4.78, 5) is 75.3. The number of carbonyl (C=O) groups is 6. The second kappa shape index (κ2) is 19.2. The third-order valence-corrected chi connectivity index (χ3v) is 13.8. The maximum Gasteiger partial charge on any atom is 0.334 e. The van der Waals surface area contributed by atoms with E-state index in [2.05, 4.69) is 35.9 Å². The molecule has 330 valence electrons. The lowest BCUT2D eigenvalue weighted by molar-refractivity contribution is -0.152. The molecule has 0 saturated carbocycles. The highest BCUT2D eigenvalue weighted by Gasteiger charge is 2.62. The van der Waals surface area contributed by atoms with Crippen LogP contribution in [0.3, 0.4) is 0 Å². The summed E-state index contributed by atoms with van der Waals surface area (Å²) >= 11 is 0. The van der Waals surface area contributed by atoms with E-state index in [1.54, 1.807) is 0 Å². The van der Waals surface area contributed by atoms with Gasteiger partial charge in [0.2, 0.25) is 11.8 Å². The summed E-state index contributed by atoms with van der Waals surface area (Å²) in [5.41, 5.74) is 0.295. The highest BCUT2D eigenvalue weighted by Crippen LogP contribution is 2.52. The molecule has 0 bridgehead atoms. The Balaban J connectivity index is 1.11. The van der Waals surface area contributed by atoms with Crippen LogP contribution < -0.4 is 10.6 Å². The van der Waals surface area contributed by atoms with Crippen LogP contribution in [0.15, 0.2) is 47.6 Å². The molecule has 4 saturated heterocycles. The van der Waals surface area contributed by atoms with Gasteiger partial charge in [0.05, 0.1) is 23.0 Å². The Hall–Kier alpha value is -4.30. The molecule has 60 heavy (non-hydrogen) atoms. The first-order valence-corrected chi connectivity index (χ1v) is 22.0. The van der Waals surface area contributed by atoms with Gasteiger partial charge in [-0.2, -0.15) is 0 Å². The van der Waals surface area contributed by atoms with E-state index in [4.69, 9.17) is 24.1 Å². The first kappa shape index (κ1) is 45.2. The number of fused-ring (bicyclic) bond motifs is 6. The van der Waals surface area contributed by atoms with Crippen molar-refractivity contribution in [2.45, 2.75) is 171 Å². The van der Waals surface area contributed by atoms with Gasteiger partial charge in [0, 0.05) is 48.9 Å². The van der Waals surface area contributed by atoms with Crippen molar-refractivity contribution in [2.75, 3.05) is 13.1 Å². The Morgan fingerprint density at radius 1 is 0.717 bits per heavy atom. The van der Waals surface area contributed by atoms with E-state index >= 15 is 0 Å². The van der Waals surface area contributed by atoms with Gasteiger partial charge in [-0.05, 0) is 90.9 Å². The molecule has 0 aromatic carbocycles. The maximum absolute atomic E-state index is 13.8. The van der Waals surface area contributed by atoms with Gasteiger partial charge in [-0.1, -0.05) is 62.1 Å². The molecule has 8 atom stereocenters. The van der Waals surface area contributed by atoms with Gasteiger partial charge < -0.3 is 39.8 Å². The minimum Gasteiger partial charge on any atom is -0.481 e. The van der Waals surface area contributed by atoms with Gasteiger partial charge in [0.15, 0.2) is 0 Å². The third kappa shape index (κ3) is 11.0. The summed E-state index contributed by atoms with van der Waals surface area (Å²) in [6, 6.07) is 0. The van der Waals surface area contributed by atoms with Gasteiger partial charge >= 0.3 is 23.9 Å². The molecule has 14 heteroatoms. The topological polar surface area (TPSA) is 210 Å². The first-order chi connectivity index (χ1) is 28.5. The van der Waals surface area contributed by atoms with Crippen LogP contribution in [0, 0.1) is 17.3 Å². The fourth-order valence-electron chi connectivity index (χ4n) is 9.94. The Morgan fingerprint density at radius 3 is 1.62 bits per heavy atom. The number of carboxylic acids is 2. The fraction of sp³-hybridized carbons (Fsp3) is 0.696. The van der Waals surface area contributed by atoms with Crippen LogP contribution in [0.5, 0.6) is 0 Å². The Morgan fingerprint density at radius 2 is 1.17 bits per heavy atom. The van der Waals surface area contributed by atoms with E-state index in [0.29, 0.717) is 75.6 Å². The molecule has 4 N–H and O–H groups in total. The number of carboxylic acid groups (broad SMARTS) is 2. The molecule has 0 unspecified atom stereocenters. The van der Waals surface area contributed by atoms with Crippen molar-refractivity contribution in [1.82, 2.24) is 10.6 Å². The lowest BCUT2D eigenvalue weighted by Crippen LogP contribution is -2.39. The second-order valence-corrected chi connectivity index (χ2v) is 18.4. The largest absolute Gasteiger partial charge is 0.481 e. The SMILES string of the molecule is C=C1C(=O)O[C@H]2[C@H]1CC/C(CC(CC(=O)NCCCCCCCCNC(=O)CCC(=O)O)(C/C1=C/CC[C@@]3(C)O[C@H]3[C@H]3OC(=O)C(=C)[C@@H]3CC1)C(=O)O)=C\CC[C@@]1(C)O[C@@H]21. The number of allylic oxidation sites excluding steroid dienone is 4. The van der Waals surface area contributed by atoms with Crippen LogP contribution in [0.1, 0.15) is 136 Å². The second-order valence-electron chi connectivity index (χ2n) is 18.4. The number of epoxide rings is 2. The number of unbranched alkanes of at least 4 members (excludes halogenated alkanes) is 5. The maximum atomic E-state index is 13.8. The van der Waals surface area contributed by atoms with Crippen LogP contribution in [0.25, 0.3) is 0 Å². The Labute approximate surface area is 352 Å². The van der Waals surface area contributed by atoms with Gasteiger partial charge in [0.1, 0.15) is 24.4 Å². The quantitative estimate of drug-likeness (QED) is 0.0378. The van der Waals surface area contributed by atoms with Crippen LogP contribution in [-0.4, -0.2) is 94.6 Å². The molecule has 4 aliphatic heterocycles. The molecular formula is C46H64N2O12. The van der Waals surface area contributed by atoms with Crippen molar-refractivity contribution in [3.63, 3.8) is 0 Å². The molecule has 0 aromatic heterocycles.